The van der Waals surface area contributed by atoms with Gasteiger partial charge in [0.15, 0.2) is 0 Å². The molecule has 0 radical (unpaired) electrons. The second-order valence-electron chi connectivity index (χ2n) is 12.7. The first-order chi connectivity index (χ1) is 14.3. The van der Waals surface area contributed by atoms with Crippen molar-refractivity contribution in [3.05, 3.63) is 0 Å². The first-order valence-corrected chi connectivity index (χ1v) is 13.5. The normalized spacial score (nSPS) is 54.1. The van der Waals surface area contributed by atoms with E-state index >= 15 is 0 Å². The number of fused-ring (bicyclic) bond motifs is 4. The van der Waals surface area contributed by atoms with Crippen molar-refractivity contribution in [2.45, 2.75) is 122 Å². The van der Waals surface area contributed by atoms with E-state index in [1.807, 2.05) is 0 Å². The van der Waals surface area contributed by atoms with Crippen molar-refractivity contribution in [1.82, 2.24) is 0 Å². The lowest BCUT2D eigenvalue weighted by molar-refractivity contribution is -0.924. The van der Waals surface area contributed by atoms with Crippen molar-refractivity contribution in [2.24, 2.45) is 34.5 Å². The lowest BCUT2D eigenvalue weighted by Crippen LogP contribution is -2.64. The topological polar surface area (TPSA) is 32.8 Å². The summed E-state index contributed by atoms with van der Waals surface area (Å²) in [5, 5.41) is 10.5. The number of unbranched alkanes of at least 4 members (excludes halogenated alkanes) is 5. The fourth-order valence-corrected chi connectivity index (χ4v) is 9.65. The maximum absolute atomic E-state index is 10.5. The van der Waals surface area contributed by atoms with Crippen LogP contribution in [0.5, 0.6) is 0 Å². The first kappa shape index (κ1) is 21.7. The second-order valence-corrected chi connectivity index (χ2v) is 12.7. The molecular formula is C27H48NO2+. The number of rotatable bonds is 7. The summed E-state index contributed by atoms with van der Waals surface area (Å²) in [5.74, 6) is 3.51. The van der Waals surface area contributed by atoms with E-state index in [0.717, 1.165) is 47.6 Å². The lowest BCUT2D eigenvalue weighted by Gasteiger charge is -2.57. The molecule has 3 aliphatic carbocycles. The second kappa shape index (κ2) is 7.45. The number of quaternary nitrogens is 1. The van der Waals surface area contributed by atoms with E-state index in [2.05, 4.69) is 27.8 Å². The molecule has 1 spiro atoms. The SMILES string of the molecule is CCCCCCCC[C@H]1CCC2C3C[N+]4(C)O[C@]45C[C@@H](O)CC[C@]5(C)C3CC[C@@]21C. The molecule has 0 amide bonds. The molecule has 30 heavy (non-hydrogen) atoms. The van der Waals surface area contributed by atoms with Crippen LogP contribution in [0.15, 0.2) is 0 Å². The van der Waals surface area contributed by atoms with Gasteiger partial charge in [-0.3, -0.25) is 0 Å². The van der Waals surface area contributed by atoms with Crippen LogP contribution in [0.25, 0.3) is 0 Å². The molecule has 5 fully saturated rings. The largest absolute Gasteiger partial charge is 0.393 e. The van der Waals surface area contributed by atoms with E-state index in [-0.39, 0.29) is 17.2 Å². The van der Waals surface area contributed by atoms with Crippen molar-refractivity contribution in [3.8, 4) is 0 Å². The minimum absolute atomic E-state index is 0.0733. The van der Waals surface area contributed by atoms with Crippen molar-refractivity contribution in [1.29, 1.82) is 0 Å². The summed E-state index contributed by atoms with van der Waals surface area (Å²) in [7, 11) is 2.33. The summed E-state index contributed by atoms with van der Waals surface area (Å²) < 4.78 is 0.802. The van der Waals surface area contributed by atoms with Crippen LogP contribution >= 0.6 is 0 Å². The predicted molar refractivity (Wildman–Crippen MR) is 121 cm³/mol. The monoisotopic (exact) mass is 418 g/mol. The standard InChI is InChI=1S/C27H48NO2/c1-5-6-7-8-9-10-11-20-12-13-23-22-19-28(4)27(30-28)18-21(29)14-17-26(27,3)24(22)15-16-25(20,23)2/h20-24,29H,5-19H2,1-4H3/q+1/t20-,21-,22?,23?,24?,25+,26+,27-,28?/m0/s1. The summed E-state index contributed by atoms with van der Waals surface area (Å²) in [6, 6.07) is 0. The predicted octanol–water partition coefficient (Wildman–Crippen LogP) is 6.45. The Labute approximate surface area is 185 Å². The van der Waals surface area contributed by atoms with Crippen LogP contribution in [0.4, 0.5) is 0 Å². The highest BCUT2D eigenvalue weighted by Gasteiger charge is 2.86. The van der Waals surface area contributed by atoms with E-state index in [9.17, 15) is 5.11 Å². The van der Waals surface area contributed by atoms with Gasteiger partial charge in [0, 0.05) is 5.92 Å². The number of aliphatic hydroxyl groups is 1. The third-order valence-electron chi connectivity index (χ3n) is 11.4. The van der Waals surface area contributed by atoms with Gasteiger partial charge in [-0.05, 0) is 68.1 Å². The summed E-state index contributed by atoms with van der Waals surface area (Å²) in [4.78, 5) is 6.62. The fourth-order valence-electron chi connectivity index (χ4n) is 9.65. The molecule has 172 valence electrons. The average molecular weight is 419 g/mol. The third kappa shape index (κ3) is 2.93. The van der Waals surface area contributed by atoms with Gasteiger partial charge < -0.3 is 5.11 Å². The molecule has 0 aromatic rings. The number of nitrogens with zero attached hydrogens (tertiary/aromatic N) is 1. The Morgan fingerprint density at radius 1 is 0.933 bits per heavy atom. The molecular weight excluding hydrogens is 370 g/mol. The molecule has 2 saturated heterocycles. The quantitative estimate of drug-likeness (QED) is 0.293. The zero-order valence-corrected chi connectivity index (χ0v) is 20.3. The van der Waals surface area contributed by atoms with Crippen LogP contribution in [-0.2, 0) is 4.84 Å². The van der Waals surface area contributed by atoms with Crippen molar-refractivity contribution in [2.75, 3.05) is 13.6 Å². The van der Waals surface area contributed by atoms with E-state index in [1.54, 1.807) is 0 Å². The molecule has 1 N–H and O–H groups in total. The Bertz CT molecular complexity index is 653. The lowest BCUT2D eigenvalue weighted by atomic mass is 9.47. The van der Waals surface area contributed by atoms with Gasteiger partial charge in [0.25, 0.3) is 5.72 Å². The van der Waals surface area contributed by atoms with Gasteiger partial charge >= 0.3 is 0 Å². The highest BCUT2D eigenvalue weighted by Crippen LogP contribution is 2.74. The highest BCUT2D eigenvalue weighted by molar-refractivity contribution is 5.13. The molecule has 2 heterocycles. The minimum Gasteiger partial charge on any atom is -0.393 e. The molecule has 9 atom stereocenters. The van der Waals surface area contributed by atoms with Gasteiger partial charge in [0.1, 0.15) is 13.6 Å². The Kier molecular flexibility index (Phi) is 5.39. The molecule has 3 nitrogen and oxygen atoms in total. The van der Waals surface area contributed by atoms with Crippen LogP contribution in [0.2, 0.25) is 0 Å². The fraction of sp³-hybridized carbons (Fsp3) is 1.00. The maximum atomic E-state index is 10.5. The zero-order valence-electron chi connectivity index (χ0n) is 20.3. The van der Waals surface area contributed by atoms with Crippen molar-refractivity contribution >= 4 is 0 Å². The average Bonchev–Trinajstić information content (AvgIpc) is 3.15. The molecule has 3 saturated carbocycles. The van der Waals surface area contributed by atoms with Gasteiger partial charge in [-0.25, -0.2) is 0 Å². The third-order valence-corrected chi connectivity index (χ3v) is 11.4. The molecule has 0 aromatic carbocycles. The van der Waals surface area contributed by atoms with Crippen LogP contribution in [0.1, 0.15) is 111 Å². The smallest absolute Gasteiger partial charge is 0.291 e. The van der Waals surface area contributed by atoms with E-state index in [0.29, 0.717) is 5.41 Å². The maximum Gasteiger partial charge on any atom is 0.291 e. The Balaban J connectivity index is 1.28. The molecule has 2 aliphatic heterocycles. The number of aliphatic hydroxyl groups excluding tert-OH is 1. The van der Waals surface area contributed by atoms with Gasteiger partial charge in [-0.2, -0.15) is 0 Å². The van der Waals surface area contributed by atoms with Crippen molar-refractivity contribution in [3.63, 3.8) is 0 Å². The van der Waals surface area contributed by atoms with E-state index < -0.39 is 0 Å². The minimum atomic E-state index is -0.156. The molecule has 0 bridgehead atoms. The van der Waals surface area contributed by atoms with Crippen LogP contribution in [-0.4, -0.2) is 35.2 Å². The van der Waals surface area contributed by atoms with E-state index in [4.69, 9.17) is 4.84 Å². The van der Waals surface area contributed by atoms with E-state index in [1.165, 1.54) is 77.2 Å². The van der Waals surface area contributed by atoms with Gasteiger partial charge in [0.2, 0.25) is 0 Å². The van der Waals surface area contributed by atoms with Crippen molar-refractivity contribution < 1.29 is 14.6 Å². The van der Waals surface area contributed by atoms with Gasteiger partial charge in [0.05, 0.1) is 17.9 Å². The molecule has 5 rings (SSSR count). The molecule has 5 aliphatic rings. The zero-order chi connectivity index (χ0) is 21.2. The summed E-state index contributed by atoms with van der Waals surface area (Å²) >= 11 is 0. The van der Waals surface area contributed by atoms with Gasteiger partial charge in [-0.1, -0.05) is 59.3 Å². The Morgan fingerprint density at radius 3 is 2.50 bits per heavy atom. The Morgan fingerprint density at radius 2 is 1.70 bits per heavy atom. The molecule has 3 heteroatoms. The number of hydrogen-bond acceptors (Lipinski definition) is 2. The summed E-state index contributed by atoms with van der Waals surface area (Å²) in [5.41, 5.74) is 0.767. The Hall–Kier alpha value is -0.120. The highest BCUT2D eigenvalue weighted by atomic mass is 16.9. The van der Waals surface area contributed by atoms with Crippen LogP contribution in [0, 0.1) is 34.5 Å². The summed E-state index contributed by atoms with van der Waals surface area (Å²) in [6.45, 7) is 8.75. The number of hydroxylamine groups is 3. The first-order valence-electron chi connectivity index (χ1n) is 13.5. The summed E-state index contributed by atoms with van der Waals surface area (Å²) in [6.07, 6.45) is 18.7. The van der Waals surface area contributed by atoms with Crippen LogP contribution in [0.3, 0.4) is 0 Å². The molecule has 4 unspecified atom stereocenters. The molecule has 0 aromatic heterocycles. The number of piperidine rings is 1. The van der Waals surface area contributed by atoms with Gasteiger partial charge in [-0.15, -0.1) is 9.48 Å². The number of hydrogen-bond donors (Lipinski definition) is 1. The van der Waals surface area contributed by atoms with Crippen LogP contribution < -0.4 is 0 Å².